The first kappa shape index (κ1) is 13.6. The maximum absolute atomic E-state index is 12.0. The molecule has 0 atom stereocenters. The fraction of sp³-hybridized carbons (Fsp3) is 0.615. The molecule has 6 nitrogen and oxygen atoms in total. The minimum absolute atomic E-state index is 0.0315. The first-order chi connectivity index (χ1) is 8.99. The second-order valence-corrected chi connectivity index (χ2v) is 5.08. The second-order valence-electron chi connectivity index (χ2n) is 5.08. The predicted molar refractivity (Wildman–Crippen MR) is 66.8 cm³/mol. The van der Waals surface area contributed by atoms with Gasteiger partial charge in [-0.25, -0.2) is 4.79 Å². The van der Waals surface area contributed by atoms with Crippen molar-refractivity contribution in [3.63, 3.8) is 0 Å². The molecule has 19 heavy (non-hydrogen) atoms. The molecular formula is C13H18N2O4. The Morgan fingerprint density at radius 3 is 2.74 bits per heavy atom. The summed E-state index contributed by atoms with van der Waals surface area (Å²) in [5.41, 5.74) is 0.811. The summed E-state index contributed by atoms with van der Waals surface area (Å²) in [5.74, 6) is -0.307. The van der Waals surface area contributed by atoms with Crippen molar-refractivity contribution in [3.8, 4) is 0 Å². The Hall–Kier alpha value is -1.85. The molecule has 0 unspecified atom stereocenters. The Labute approximate surface area is 111 Å². The Morgan fingerprint density at radius 2 is 2.16 bits per heavy atom. The lowest BCUT2D eigenvalue weighted by molar-refractivity contribution is -0.124. The molecule has 1 aromatic heterocycles. The van der Waals surface area contributed by atoms with Gasteiger partial charge in [0.2, 0.25) is 0 Å². The average Bonchev–Trinajstić information content (AvgIpc) is 3.06. The van der Waals surface area contributed by atoms with Crippen LogP contribution in [0.15, 0.2) is 4.52 Å². The molecular weight excluding hydrogens is 248 g/mol. The molecule has 0 radical (unpaired) electrons. The van der Waals surface area contributed by atoms with Crippen molar-refractivity contribution in [2.75, 3.05) is 6.61 Å². The molecule has 1 aliphatic carbocycles. The van der Waals surface area contributed by atoms with Gasteiger partial charge in [-0.15, -0.1) is 0 Å². The Kier molecular flexibility index (Phi) is 3.87. The number of nitrogens with one attached hydrogen (secondary N) is 1. The van der Waals surface area contributed by atoms with E-state index in [9.17, 15) is 9.59 Å². The van der Waals surface area contributed by atoms with Crippen molar-refractivity contribution in [2.24, 2.45) is 0 Å². The monoisotopic (exact) mass is 266 g/mol. The highest BCUT2D eigenvalue weighted by Gasteiger charge is 2.26. The lowest BCUT2D eigenvalue weighted by Gasteiger charge is -2.06. The number of hydrogen-bond donors (Lipinski definition) is 1. The highest BCUT2D eigenvalue weighted by Crippen LogP contribution is 2.23. The van der Waals surface area contributed by atoms with Gasteiger partial charge in [-0.2, -0.15) is 0 Å². The zero-order valence-corrected chi connectivity index (χ0v) is 11.4. The quantitative estimate of drug-likeness (QED) is 0.817. The summed E-state index contributed by atoms with van der Waals surface area (Å²) in [6.45, 7) is 5.21. The minimum Gasteiger partial charge on any atom is -0.452 e. The van der Waals surface area contributed by atoms with E-state index < -0.39 is 5.97 Å². The SMILES string of the molecule is Cc1noc(C(C)C)c1C(=O)OCC(=O)NC1CC1. The summed E-state index contributed by atoms with van der Waals surface area (Å²) >= 11 is 0. The number of carbonyl (C=O) groups excluding carboxylic acids is 2. The smallest absolute Gasteiger partial charge is 0.344 e. The van der Waals surface area contributed by atoms with E-state index in [0.717, 1.165) is 12.8 Å². The zero-order valence-electron chi connectivity index (χ0n) is 11.4. The van der Waals surface area contributed by atoms with E-state index in [1.54, 1.807) is 6.92 Å². The third-order valence-electron chi connectivity index (χ3n) is 2.89. The molecule has 1 N–H and O–H groups in total. The number of hydrogen-bond acceptors (Lipinski definition) is 5. The molecule has 0 bridgehead atoms. The number of carbonyl (C=O) groups is 2. The van der Waals surface area contributed by atoms with Gasteiger partial charge in [0.25, 0.3) is 5.91 Å². The summed E-state index contributed by atoms with van der Waals surface area (Å²) in [6.07, 6.45) is 2.00. The average molecular weight is 266 g/mol. The van der Waals surface area contributed by atoms with E-state index in [2.05, 4.69) is 10.5 Å². The maximum Gasteiger partial charge on any atom is 0.344 e. The molecule has 0 aliphatic heterocycles. The molecule has 1 heterocycles. The zero-order chi connectivity index (χ0) is 14.0. The summed E-state index contributed by atoms with van der Waals surface area (Å²) in [4.78, 5) is 23.4. The number of ether oxygens (including phenoxy) is 1. The minimum atomic E-state index is -0.562. The third-order valence-corrected chi connectivity index (χ3v) is 2.89. The van der Waals surface area contributed by atoms with Crippen LogP contribution in [-0.4, -0.2) is 29.7 Å². The van der Waals surface area contributed by atoms with Gasteiger partial charge in [0.15, 0.2) is 12.4 Å². The molecule has 0 spiro atoms. The Bertz CT molecular complexity index is 489. The van der Waals surface area contributed by atoms with Crippen LogP contribution < -0.4 is 5.32 Å². The Morgan fingerprint density at radius 1 is 1.47 bits per heavy atom. The number of aromatic nitrogens is 1. The van der Waals surface area contributed by atoms with Crippen molar-refractivity contribution in [3.05, 3.63) is 17.0 Å². The van der Waals surface area contributed by atoms with Crippen LogP contribution in [0.4, 0.5) is 0 Å². The summed E-state index contributed by atoms with van der Waals surface area (Å²) in [6, 6.07) is 0.259. The van der Waals surface area contributed by atoms with Gasteiger partial charge in [-0.3, -0.25) is 4.79 Å². The van der Waals surface area contributed by atoms with Gasteiger partial charge in [0.05, 0.1) is 5.69 Å². The van der Waals surface area contributed by atoms with Crippen LogP contribution in [0, 0.1) is 6.92 Å². The van der Waals surface area contributed by atoms with E-state index >= 15 is 0 Å². The van der Waals surface area contributed by atoms with Crippen molar-refractivity contribution >= 4 is 11.9 Å². The lowest BCUT2D eigenvalue weighted by atomic mass is 10.1. The molecule has 1 fully saturated rings. The molecule has 104 valence electrons. The molecule has 0 aromatic carbocycles. The van der Waals surface area contributed by atoms with Gasteiger partial charge in [-0.1, -0.05) is 19.0 Å². The van der Waals surface area contributed by atoms with Gasteiger partial charge in [-0.05, 0) is 19.8 Å². The second kappa shape index (κ2) is 5.42. The van der Waals surface area contributed by atoms with Crippen LogP contribution in [0.1, 0.15) is 54.4 Å². The van der Waals surface area contributed by atoms with Crippen molar-refractivity contribution < 1.29 is 18.8 Å². The highest BCUT2D eigenvalue weighted by molar-refractivity contribution is 5.93. The number of amides is 1. The molecule has 1 amide bonds. The first-order valence-corrected chi connectivity index (χ1v) is 6.41. The van der Waals surface area contributed by atoms with Crippen molar-refractivity contribution in [2.45, 2.75) is 45.6 Å². The molecule has 0 saturated heterocycles. The van der Waals surface area contributed by atoms with Crippen LogP contribution in [0.2, 0.25) is 0 Å². The fourth-order valence-electron chi connectivity index (χ4n) is 1.73. The van der Waals surface area contributed by atoms with E-state index in [1.165, 1.54) is 0 Å². The molecule has 1 saturated carbocycles. The van der Waals surface area contributed by atoms with Crippen LogP contribution in [-0.2, 0) is 9.53 Å². The number of esters is 1. The van der Waals surface area contributed by atoms with E-state index in [4.69, 9.17) is 9.26 Å². The van der Waals surface area contributed by atoms with Crippen LogP contribution >= 0.6 is 0 Å². The predicted octanol–water partition coefficient (Wildman–Crippen LogP) is 1.54. The van der Waals surface area contributed by atoms with Gasteiger partial charge >= 0.3 is 5.97 Å². The van der Waals surface area contributed by atoms with Gasteiger partial charge < -0.3 is 14.6 Å². The normalized spacial score (nSPS) is 14.5. The number of nitrogens with zero attached hydrogens (tertiary/aromatic N) is 1. The van der Waals surface area contributed by atoms with Crippen molar-refractivity contribution in [1.82, 2.24) is 10.5 Å². The maximum atomic E-state index is 12.0. The molecule has 6 heteroatoms. The first-order valence-electron chi connectivity index (χ1n) is 6.41. The lowest BCUT2D eigenvalue weighted by Crippen LogP contribution is -2.30. The third kappa shape index (κ3) is 3.33. The van der Waals surface area contributed by atoms with Crippen LogP contribution in [0.5, 0.6) is 0 Å². The van der Waals surface area contributed by atoms with Gasteiger partial charge in [0.1, 0.15) is 5.56 Å². The molecule has 1 aromatic rings. The van der Waals surface area contributed by atoms with Crippen LogP contribution in [0.25, 0.3) is 0 Å². The largest absolute Gasteiger partial charge is 0.452 e. The standard InChI is InChI=1S/C13H18N2O4/c1-7(2)12-11(8(3)15-19-12)13(17)18-6-10(16)14-9-4-5-9/h7,9H,4-6H2,1-3H3,(H,14,16). The van der Waals surface area contributed by atoms with E-state index in [1.807, 2.05) is 13.8 Å². The summed E-state index contributed by atoms with van der Waals surface area (Å²) in [5, 5.41) is 6.52. The van der Waals surface area contributed by atoms with Crippen LogP contribution in [0.3, 0.4) is 0 Å². The molecule has 1 aliphatic rings. The summed E-state index contributed by atoms with van der Waals surface area (Å²) in [7, 11) is 0. The number of rotatable bonds is 5. The topological polar surface area (TPSA) is 81.4 Å². The fourth-order valence-corrected chi connectivity index (χ4v) is 1.73. The Balaban J connectivity index is 1.95. The summed E-state index contributed by atoms with van der Waals surface area (Å²) < 4.78 is 10.1. The highest BCUT2D eigenvalue weighted by atomic mass is 16.5. The van der Waals surface area contributed by atoms with E-state index in [-0.39, 0.29) is 24.5 Å². The van der Waals surface area contributed by atoms with Crippen molar-refractivity contribution in [1.29, 1.82) is 0 Å². The molecule has 2 rings (SSSR count). The van der Waals surface area contributed by atoms with Gasteiger partial charge in [0, 0.05) is 12.0 Å². The van der Waals surface area contributed by atoms with E-state index in [0.29, 0.717) is 17.0 Å². The number of aryl methyl sites for hydroxylation is 1.